The first-order valence-corrected chi connectivity index (χ1v) is 7.80. The zero-order chi connectivity index (χ0) is 11.8. The summed E-state index contributed by atoms with van der Waals surface area (Å²) in [5, 5.41) is 1.22. The van der Waals surface area contributed by atoms with Gasteiger partial charge in [0, 0.05) is 12.4 Å². The van der Waals surface area contributed by atoms with Crippen molar-refractivity contribution in [1.29, 1.82) is 0 Å². The molecular formula is C14H12ClOP. The normalized spacial score (nSPS) is 21.8. The summed E-state index contributed by atoms with van der Waals surface area (Å²) in [4.78, 5) is 0. The summed E-state index contributed by atoms with van der Waals surface area (Å²) in [6.07, 6.45) is 0. The standard InChI is InChI=1S/C14H12ClOP/c1-16-14-12-8-3-2-6-10(12)11-7-4-5-9-13(11)17(14)15/h2-9,14H,1H3. The monoisotopic (exact) mass is 262 g/mol. The van der Waals surface area contributed by atoms with Crippen molar-refractivity contribution in [3.05, 3.63) is 54.1 Å². The van der Waals surface area contributed by atoms with Crippen LogP contribution in [0.5, 0.6) is 0 Å². The molecule has 0 aliphatic carbocycles. The molecule has 0 radical (unpaired) electrons. The summed E-state index contributed by atoms with van der Waals surface area (Å²) >= 11 is 6.58. The van der Waals surface area contributed by atoms with Gasteiger partial charge in [0.05, 0.1) is 7.27 Å². The smallest absolute Gasteiger partial charge is 0.120 e. The molecule has 1 aliphatic heterocycles. The Balaban J connectivity index is 2.29. The number of ether oxygens (including phenoxy) is 1. The van der Waals surface area contributed by atoms with Crippen LogP contribution in [0.4, 0.5) is 0 Å². The molecule has 0 saturated carbocycles. The van der Waals surface area contributed by atoms with E-state index in [0.29, 0.717) is 0 Å². The predicted octanol–water partition coefficient (Wildman–Crippen LogP) is 4.27. The highest BCUT2D eigenvalue weighted by atomic mass is 35.7. The maximum Gasteiger partial charge on any atom is 0.120 e. The SMILES string of the molecule is COC1c2ccccc2-c2ccccc2P1Cl. The quantitative estimate of drug-likeness (QED) is 0.697. The van der Waals surface area contributed by atoms with E-state index in [4.69, 9.17) is 16.0 Å². The molecule has 2 aromatic carbocycles. The topological polar surface area (TPSA) is 9.23 Å². The molecule has 1 aliphatic rings. The van der Waals surface area contributed by atoms with Gasteiger partial charge in [0.15, 0.2) is 0 Å². The molecule has 0 saturated heterocycles. The molecule has 3 heteroatoms. The van der Waals surface area contributed by atoms with Gasteiger partial charge in [-0.1, -0.05) is 59.8 Å². The predicted molar refractivity (Wildman–Crippen MR) is 74.0 cm³/mol. The second kappa shape index (κ2) is 4.42. The molecule has 3 rings (SSSR count). The number of halogens is 1. The summed E-state index contributed by atoms with van der Waals surface area (Å²) in [7, 11) is 0.922. The molecule has 2 unspecified atom stereocenters. The summed E-state index contributed by atoms with van der Waals surface area (Å²) in [6, 6.07) is 16.7. The van der Waals surface area contributed by atoms with E-state index >= 15 is 0 Å². The molecule has 0 amide bonds. The molecule has 86 valence electrons. The highest BCUT2D eigenvalue weighted by molar-refractivity contribution is 7.90. The Labute approximate surface area is 107 Å². The highest BCUT2D eigenvalue weighted by Crippen LogP contribution is 2.60. The average Bonchev–Trinajstić information content (AvgIpc) is 2.40. The molecular weight excluding hydrogens is 251 g/mol. The van der Waals surface area contributed by atoms with Crippen LogP contribution in [0, 0.1) is 0 Å². The van der Waals surface area contributed by atoms with E-state index in [1.807, 2.05) is 12.1 Å². The number of hydrogen-bond acceptors (Lipinski definition) is 1. The molecule has 1 nitrogen and oxygen atoms in total. The maximum absolute atomic E-state index is 6.58. The summed E-state index contributed by atoms with van der Waals surface area (Å²) in [5.41, 5.74) is 3.70. The molecule has 2 atom stereocenters. The largest absolute Gasteiger partial charge is 0.371 e. The lowest BCUT2D eigenvalue weighted by atomic mass is 9.99. The second-order valence-corrected chi connectivity index (χ2v) is 6.67. The summed E-state index contributed by atoms with van der Waals surface area (Å²) in [6.45, 7) is 0. The lowest BCUT2D eigenvalue weighted by Crippen LogP contribution is -2.15. The van der Waals surface area contributed by atoms with Crippen molar-refractivity contribution < 1.29 is 4.74 Å². The van der Waals surface area contributed by atoms with Gasteiger partial charge >= 0.3 is 0 Å². The van der Waals surface area contributed by atoms with Crippen LogP contribution in [0.1, 0.15) is 11.4 Å². The van der Waals surface area contributed by atoms with Gasteiger partial charge in [-0.05, 0) is 16.7 Å². The Kier molecular flexibility index (Phi) is 2.92. The van der Waals surface area contributed by atoms with Crippen LogP contribution < -0.4 is 5.30 Å². The molecule has 0 spiro atoms. The average molecular weight is 263 g/mol. The first kappa shape index (κ1) is 11.2. The van der Waals surface area contributed by atoms with Crippen LogP contribution in [-0.2, 0) is 4.74 Å². The zero-order valence-corrected chi connectivity index (χ0v) is 11.1. The highest BCUT2D eigenvalue weighted by Gasteiger charge is 2.31. The number of benzene rings is 2. The van der Waals surface area contributed by atoms with E-state index in [1.165, 1.54) is 22.0 Å². The van der Waals surface area contributed by atoms with Crippen LogP contribution in [0.2, 0.25) is 0 Å². The van der Waals surface area contributed by atoms with Crippen LogP contribution in [0.15, 0.2) is 48.5 Å². The van der Waals surface area contributed by atoms with Crippen LogP contribution in [-0.4, -0.2) is 7.11 Å². The van der Waals surface area contributed by atoms with E-state index in [2.05, 4.69) is 36.4 Å². The minimum atomic E-state index is -0.808. The maximum atomic E-state index is 6.58. The number of hydrogen-bond donors (Lipinski definition) is 0. The first-order chi connectivity index (χ1) is 8.33. The minimum absolute atomic E-state index is 0.00207. The molecule has 2 aromatic rings. The van der Waals surface area contributed by atoms with Crippen LogP contribution >= 0.6 is 18.5 Å². The zero-order valence-electron chi connectivity index (χ0n) is 9.43. The van der Waals surface area contributed by atoms with E-state index in [9.17, 15) is 0 Å². The van der Waals surface area contributed by atoms with Gasteiger partial charge in [0.1, 0.15) is 5.85 Å². The van der Waals surface area contributed by atoms with Gasteiger partial charge in [-0.15, -0.1) is 0 Å². The molecule has 0 fully saturated rings. The van der Waals surface area contributed by atoms with Gasteiger partial charge in [-0.3, -0.25) is 0 Å². The molecule has 17 heavy (non-hydrogen) atoms. The molecule has 0 N–H and O–H groups in total. The third kappa shape index (κ3) is 1.70. The van der Waals surface area contributed by atoms with E-state index in [0.717, 1.165) is 0 Å². The van der Waals surface area contributed by atoms with Crippen molar-refractivity contribution in [3.63, 3.8) is 0 Å². The van der Waals surface area contributed by atoms with Crippen molar-refractivity contribution in [2.24, 2.45) is 0 Å². The van der Waals surface area contributed by atoms with Crippen LogP contribution in [0.25, 0.3) is 11.1 Å². The van der Waals surface area contributed by atoms with E-state index < -0.39 is 7.27 Å². The van der Waals surface area contributed by atoms with E-state index in [1.54, 1.807) is 7.11 Å². The van der Waals surface area contributed by atoms with Crippen molar-refractivity contribution in [3.8, 4) is 11.1 Å². The molecule has 0 bridgehead atoms. The van der Waals surface area contributed by atoms with Crippen LogP contribution in [0.3, 0.4) is 0 Å². The minimum Gasteiger partial charge on any atom is -0.371 e. The summed E-state index contributed by atoms with van der Waals surface area (Å²) < 4.78 is 5.58. The van der Waals surface area contributed by atoms with Gasteiger partial charge in [-0.25, -0.2) is 0 Å². The van der Waals surface area contributed by atoms with Gasteiger partial charge in [0.25, 0.3) is 0 Å². The third-order valence-corrected chi connectivity index (χ3v) is 5.91. The first-order valence-electron chi connectivity index (χ1n) is 5.49. The van der Waals surface area contributed by atoms with Gasteiger partial charge < -0.3 is 4.74 Å². The Morgan fingerprint density at radius 1 is 1.00 bits per heavy atom. The fourth-order valence-corrected chi connectivity index (χ4v) is 4.87. The fourth-order valence-electron chi connectivity index (χ4n) is 2.31. The Hall–Kier alpha value is -0.880. The number of rotatable bonds is 1. The molecule has 1 heterocycles. The Bertz CT molecular complexity index is 555. The van der Waals surface area contributed by atoms with E-state index in [-0.39, 0.29) is 5.85 Å². The number of fused-ring (bicyclic) bond motifs is 3. The fraction of sp³-hybridized carbons (Fsp3) is 0.143. The van der Waals surface area contributed by atoms with Gasteiger partial charge in [-0.2, -0.15) is 0 Å². The Morgan fingerprint density at radius 2 is 1.65 bits per heavy atom. The lowest BCUT2D eigenvalue weighted by Gasteiger charge is -2.30. The lowest BCUT2D eigenvalue weighted by molar-refractivity contribution is 0.173. The van der Waals surface area contributed by atoms with Gasteiger partial charge in [0.2, 0.25) is 0 Å². The third-order valence-electron chi connectivity index (χ3n) is 3.08. The second-order valence-electron chi connectivity index (χ2n) is 4.00. The van der Waals surface area contributed by atoms with Crippen molar-refractivity contribution in [2.75, 3.05) is 7.11 Å². The van der Waals surface area contributed by atoms with Crippen molar-refractivity contribution in [2.45, 2.75) is 5.85 Å². The van der Waals surface area contributed by atoms with Crippen molar-refractivity contribution >= 4 is 23.8 Å². The molecule has 0 aromatic heterocycles. The Morgan fingerprint density at radius 3 is 2.41 bits per heavy atom. The van der Waals surface area contributed by atoms with Crippen molar-refractivity contribution in [1.82, 2.24) is 0 Å². The number of methoxy groups -OCH3 is 1. The summed E-state index contributed by atoms with van der Waals surface area (Å²) in [5.74, 6) is -0.00207.